The highest BCUT2D eigenvalue weighted by atomic mass is 19.4. The van der Waals surface area contributed by atoms with Crippen molar-refractivity contribution in [1.29, 1.82) is 0 Å². The van der Waals surface area contributed by atoms with Gasteiger partial charge < -0.3 is 5.32 Å². The summed E-state index contributed by atoms with van der Waals surface area (Å²) in [6, 6.07) is 3.76. The molecule has 0 aliphatic rings. The van der Waals surface area contributed by atoms with Crippen LogP contribution in [0.2, 0.25) is 0 Å². The summed E-state index contributed by atoms with van der Waals surface area (Å²) in [7, 11) is 0. The number of alkyl halides is 5. The van der Waals surface area contributed by atoms with E-state index >= 15 is 0 Å². The number of amides is 1. The molecule has 0 unspecified atom stereocenters. The normalized spacial score (nSPS) is 12.3. The van der Waals surface area contributed by atoms with Gasteiger partial charge in [0.15, 0.2) is 0 Å². The number of halogens is 5. The Balaban J connectivity index is 3.02. The van der Waals surface area contributed by atoms with Gasteiger partial charge in [-0.1, -0.05) is 18.2 Å². The van der Waals surface area contributed by atoms with Gasteiger partial charge in [0, 0.05) is 12.1 Å². The van der Waals surface area contributed by atoms with Crippen LogP contribution < -0.4 is 5.32 Å². The molecule has 1 radical (unpaired) electrons. The second-order valence-corrected chi connectivity index (χ2v) is 3.23. The van der Waals surface area contributed by atoms with Crippen molar-refractivity contribution >= 4 is 6.41 Å². The first kappa shape index (κ1) is 13.4. The third-order valence-corrected chi connectivity index (χ3v) is 2.01. The zero-order valence-electron chi connectivity index (χ0n) is 8.31. The lowest BCUT2D eigenvalue weighted by molar-refractivity contribution is -0.289. The molecule has 1 N–H and O–H groups in total. The SMILES string of the molecule is O=[C]NCc1cccc(C(F)(F)C(F)(F)F)c1. The maximum absolute atomic E-state index is 12.9. The Labute approximate surface area is 93.4 Å². The third-order valence-electron chi connectivity index (χ3n) is 2.01. The fraction of sp³-hybridized carbons (Fsp3) is 0.300. The van der Waals surface area contributed by atoms with E-state index in [1.807, 2.05) is 0 Å². The van der Waals surface area contributed by atoms with Crippen molar-refractivity contribution in [1.82, 2.24) is 5.32 Å². The summed E-state index contributed by atoms with van der Waals surface area (Å²) in [4.78, 5) is 9.86. The Morgan fingerprint density at radius 1 is 1.18 bits per heavy atom. The Bertz CT molecular complexity index is 402. The van der Waals surface area contributed by atoms with Crippen LogP contribution in [0.25, 0.3) is 0 Å². The predicted molar refractivity (Wildman–Crippen MR) is 48.9 cm³/mol. The molecule has 1 rings (SSSR count). The molecule has 1 aromatic rings. The lowest BCUT2D eigenvalue weighted by atomic mass is 10.0. The molecule has 0 bridgehead atoms. The van der Waals surface area contributed by atoms with Gasteiger partial charge in [-0.3, -0.25) is 4.79 Å². The molecule has 0 saturated heterocycles. The number of nitrogens with one attached hydrogen (secondary N) is 1. The lowest BCUT2D eigenvalue weighted by Crippen LogP contribution is -2.33. The van der Waals surface area contributed by atoms with Gasteiger partial charge in [0.25, 0.3) is 0 Å². The molecule has 0 saturated carbocycles. The van der Waals surface area contributed by atoms with Gasteiger partial charge in [-0.05, 0) is 11.6 Å². The summed E-state index contributed by atoms with van der Waals surface area (Å²) in [6.45, 7) is -0.161. The topological polar surface area (TPSA) is 29.1 Å². The molecular weight excluding hydrogens is 245 g/mol. The Kier molecular flexibility index (Phi) is 3.69. The highest BCUT2D eigenvalue weighted by Gasteiger charge is 2.58. The minimum absolute atomic E-state index is 0.134. The standard InChI is InChI=1S/C10H7F5NO/c11-9(12,10(13,14)15)8-3-1-2-7(4-8)5-16-6-17/h1-4H,5H2,(H,16,17). The second kappa shape index (κ2) is 4.68. The van der Waals surface area contributed by atoms with Crippen LogP contribution in [0.5, 0.6) is 0 Å². The van der Waals surface area contributed by atoms with Crippen molar-refractivity contribution in [2.24, 2.45) is 0 Å². The Morgan fingerprint density at radius 3 is 2.35 bits per heavy atom. The van der Waals surface area contributed by atoms with Gasteiger partial charge in [-0.15, -0.1) is 0 Å². The first-order chi connectivity index (χ1) is 7.79. The van der Waals surface area contributed by atoms with Crippen LogP contribution >= 0.6 is 0 Å². The highest BCUT2D eigenvalue weighted by Crippen LogP contribution is 2.43. The van der Waals surface area contributed by atoms with Gasteiger partial charge in [0.05, 0.1) is 0 Å². The largest absolute Gasteiger partial charge is 0.458 e. The summed E-state index contributed by atoms with van der Waals surface area (Å²) >= 11 is 0. The molecular formula is C10H7F5NO. The van der Waals surface area contributed by atoms with Crippen molar-refractivity contribution in [2.75, 3.05) is 0 Å². The number of hydrogen-bond donors (Lipinski definition) is 1. The molecule has 93 valence electrons. The van der Waals surface area contributed by atoms with E-state index in [1.165, 1.54) is 12.5 Å². The van der Waals surface area contributed by atoms with Crippen LogP contribution in [0.4, 0.5) is 22.0 Å². The predicted octanol–water partition coefficient (Wildman–Crippen LogP) is 2.50. The number of benzene rings is 1. The van der Waals surface area contributed by atoms with Gasteiger partial charge in [0.2, 0.25) is 0 Å². The number of hydrogen-bond acceptors (Lipinski definition) is 1. The van der Waals surface area contributed by atoms with E-state index in [-0.39, 0.29) is 12.1 Å². The van der Waals surface area contributed by atoms with E-state index in [4.69, 9.17) is 0 Å². The maximum Gasteiger partial charge on any atom is 0.458 e. The minimum Gasteiger partial charge on any atom is -0.344 e. The summed E-state index contributed by atoms with van der Waals surface area (Å²) in [5.41, 5.74) is -1.02. The van der Waals surface area contributed by atoms with Crippen molar-refractivity contribution in [3.05, 3.63) is 35.4 Å². The van der Waals surface area contributed by atoms with E-state index in [0.717, 1.165) is 6.07 Å². The number of rotatable bonds is 4. The van der Waals surface area contributed by atoms with Crippen LogP contribution in [0.1, 0.15) is 11.1 Å². The Morgan fingerprint density at radius 2 is 1.82 bits per heavy atom. The first-order valence-corrected chi connectivity index (χ1v) is 4.43. The summed E-state index contributed by atoms with van der Waals surface area (Å²) in [6.07, 6.45) is -4.35. The molecule has 17 heavy (non-hydrogen) atoms. The Hall–Kier alpha value is -1.66. The average Bonchev–Trinajstić information content (AvgIpc) is 2.25. The third kappa shape index (κ3) is 2.92. The van der Waals surface area contributed by atoms with Crippen molar-refractivity contribution in [3.63, 3.8) is 0 Å². The molecule has 7 heteroatoms. The molecule has 2 nitrogen and oxygen atoms in total. The maximum atomic E-state index is 12.9. The van der Waals surface area contributed by atoms with E-state index in [0.29, 0.717) is 12.1 Å². The van der Waals surface area contributed by atoms with E-state index in [2.05, 4.69) is 5.32 Å². The molecule has 0 fully saturated rings. The van der Waals surface area contributed by atoms with Crippen LogP contribution in [-0.2, 0) is 17.3 Å². The highest BCUT2D eigenvalue weighted by molar-refractivity contribution is 5.47. The molecule has 0 aliphatic carbocycles. The molecule has 0 atom stereocenters. The van der Waals surface area contributed by atoms with E-state index < -0.39 is 17.7 Å². The molecule has 1 aromatic carbocycles. The van der Waals surface area contributed by atoms with Gasteiger partial charge in [-0.25, -0.2) is 0 Å². The lowest BCUT2D eigenvalue weighted by Gasteiger charge is -2.20. The van der Waals surface area contributed by atoms with E-state index in [1.54, 1.807) is 0 Å². The smallest absolute Gasteiger partial charge is 0.344 e. The molecule has 0 aromatic heterocycles. The molecule has 0 spiro atoms. The summed E-state index contributed by atoms with van der Waals surface area (Å²) in [5.74, 6) is -4.91. The van der Waals surface area contributed by atoms with Gasteiger partial charge >= 0.3 is 18.5 Å². The van der Waals surface area contributed by atoms with Gasteiger partial charge in [-0.2, -0.15) is 22.0 Å². The minimum atomic E-state index is -5.64. The van der Waals surface area contributed by atoms with Crippen LogP contribution in [0.15, 0.2) is 24.3 Å². The molecule has 0 heterocycles. The summed E-state index contributed by atoms with van der Waals surface area (Å²) < 4.78 is 62.1. The van der Waals surface area contributed by atoms with Crippen LogP contribution in [0, 0.1) is 0 Å². The summed E-state index contributed by atoms with van der Waals surface area (Å²) in [5, 5.41) is 2.05. The average molecular weight is 252 g/mol. The molecule has 0 aliphatic heterocycles. The monoisotopic (exact) mass is 252 g/mol. The zero-order valence-corrected chi connectivity index (χ0v) is 8.31. The fourth-order valence-electron chi connectivity index (χ4n) is 1.18. The number of carbonyl (C=O) groups excluding carboxylic acids is 1. The van der Waals surface area contributed by atoms with Crippen LogP contribution in [0.3, 0.4) is 0 Å². The van der Waals surface area contributed by atoms with Crippen LogP contribution in [-0.4, -0.2) is 12.6 Å². The van der Waals surface area contributed by atoms with E-state index in [9.17, 15) is 26.7 Å². The quantitative estimate of drug-likeness (QED) is 0.647. The zero-order chi connectivity index (χ0) is 13.1. The van der Waals surface area contributed by atoms with Crippen molar-refractivity contribution in [2.45, 2.75) is 18.6 Å². The fourth-order valence-corrected chi connectivity index (χ4v) is 1.18. The van der Waals surface area contributed by atoms with Crippen molar-refractivity contribution < 1.29 is 26.7 Å². The first-order valence-electron chi connectivity index (χ1n) is 4.43. The van der Waals surface area contributed by atoms with Gasteiger partial charge in [0.1, 0.15) is 0 Å². The van der Waals surface area contributed by atoms with Crippen molar-refractivity contribution in [3.8, 4) is 0 Å². The molecule has 1 amide bonds. The second-order valence-electron chi connectivity index (χ2n) is 3.23.